The van der Waals surface area contributed by atoms with Gasteiger partial charge in [0, 0.05) is 5.56 Å². The van der Waals surface area contributed by atoms with Gasteiger partial charge in [0.25, 0.3) is 0 Å². The molecule has 0 saturated carbocycles. The second kappa shape index (κ2) is 13.0. The molecule has 1 unspecified atom stereocenters. The van der Waals surface area contributed by atoms with Crippen molar-refractivity contribution in [1.82, 2.24) is 0 Å². The normalized spacial score (nSPS) is 12.0. The van der Waals surface area contributed by atoms with E-state index in [0.717, 1.165) is 18.2 Å². The van der Waals surface area contributed by atoms with Gasteiger partial charge < -0.3 is 34.8 Å². The van der Waals surface area contributed by atoms with Crippen LogP contribution in [0, 0.1) is 0 Å². The molecule has 0 aliphatic carbocycles. The number of phenolic OH excluding ortho intramolecular Hbond substituents is 2. The number of carboxylic acid groups (broad SMARTS) is 2. The lowest BCUT2D eigenvalue weighted by molar-refractivity contribution is -0.217. The van der Waals surface area contributed by atoms with E-state index in [-0.39, 0.29) is 51.9 Å². The number of carbonyl (C=O) groups excluding carboxylic acids is 2. The fraction of sp³-hybridized carbons (Fsp3) is 0.125. The fourth-order valence-electron chi connectivity index (χ4n) is 4.43. The van der Waals surface area contributed by atoms with Crippen LogP contribution in [-0.4, -0.2) is 51.4 Å². The monoisotopic (exact) mass is 602 g/mol. The lowest BCUT2D eigenvalue weighted by Crippen LogP contribution is -2.35. The van der Waals surface area contributed by atoms with Crippen LogP contribution in [0.15, 0.2) is 84.9 Å². The van der Waals surface area contributed by atoms with Gasteiger partial charge in [-0.25, -0.2) is 14.4 Å². The third kappa shape index (κ3) is 6.61. The van der Waals surface area contributed by atoms with E-state index >= 15 is 0 Å². The van der Waals surface area contributed by atoms with E-state index in [1.165, 1.54) is 49.6 Å². The molecule has 12 heteroatoms. The minimum Gasteiger partial charge on any atom is -0.508 e. The van der Waals surface area contributed by atoms with E-state index < -0.39 is 29.3 Å². The highest BCUT2D eigenvalue weighted by molar-refractivity contribution is 6.03. The van der Waals surface area contributed by atoms with Crippen molar-refractivity contribution in [2.75, 3.05) is 7.11 Å². The number of benzene rings is 4. The van der Waals surface area contributed by atoms with Gasteiger partial charge in [0.1, 0.15) is 29.3 Å². The Kier molecular flexibility index (Phi) is 9.15. The molecule has 44 heavy (non-hydrogen) atoms. The molecule has 0 aromatic heterocycles. The molecule has 0 bridgehead atoms. The molecule has 1 atom stereocenters. The second-order valence-electron chi connectivity index (χ2n) is 9.58. The zero-order valence-corrected chi connectivity index (χ0v) is 23.3. The van der Waals surface area contributed by atoms with Crippen LogP contribution in [0.25, 0.3) is 0 Å². The number of ether oxygens (including phenoxy) is 2. The fourth-order valence-corrected chi connectivity index (χ4v) is 4.43. The van der Waals surface area contributed by atoms with E-state index in [4.69, 9.17) is 19.2 Å². The molecule has 12 nitrogen and oxygen atoms in total. The molecule has 0 aliphatic rings. The van der Waals surface area contributed by atoms with Gasteiger partial charge in [-0.1, -0.05) is 24.3 Å². The maximum absolute atomic E-state index is 13.0. The molecular weight excluding hydrogens is 576 g/mol. The van der Waals surface area contributed by atoms with Gasteiger partial charge >= 0.3 is 23.9 Å². The summed E-state index contributed by atoms with van der Waals surface area (Å²) < 4.78 is 10.4. The molecule has 0 saturated heterocycles. The number of methoxy groups -OCH3 is 1. The molecule has 0 spiro atoms. The van der Waals surface area contributed by atoms with Crippen LogP contribution in [0.4, 0.5) is 0 Å². The molecule has 0 fully saturated rings. The summed E-state index contributed by atoms with van der Waals surface area (Å²) in [6, 6.07) is 19.2. The van der Waals surface area contributed by atoms with Crippen molar-refractivity contribution in [2.24, 2.45) is 0 Å². The van der Waals surface area contributed by atoms with E-state index in [9.17, 15) is 39.6 Å². The van der Waals surface area contributed by atoms with Crippen LogP contribution >= 0.6 is 0 Å². The highest BCUT2D eigenvalue weighted by atomic mass is 17.2. The number of esters is 2. The number of hydrogen-bond donors (Lipinski definition) is 4. The van der Waals surface area contributed by atoms with Gasteiger partial charge in [-0.15, -0.1) is 0 Å². The number of carboxylic acids is 2. The Balaban J connectivity index is 1.50. The first-order chi connectivity index (χ1) is 20.9. The topological polar surface area (TPSA) is 186 Å². The summed E-state index contributed by atoms with van der Waals surface area (Å²) >= 11 is 0. The minimum atomic E-state index is -1.37. The summed E-state index contributed by atoms with van der Waals surface area (Å²) in [5.41, 5.74) is -0.875. The standard InChI is InChI=1S/C32H26O12/c1-32(31(40)41-2,19-3-9-23(10-4-19)43-30(39)27-16-22(34)8-14-26(27)29(37)38)20-5-11-24(12-6-20)44-42-17-18-15-21(33)7-13-25(18)28(35)36/h3-16,33-34H,17H2,1-2H3,(H,35,36)(H,37,38). The van der Waals surface area contributed by atoms with Crippen LogP contribution < -0.4 is 9.62 Å². The summed E-state index contributed by atoms with van der Waals surface area (Å²) in [6.45, 7) is 1.37. The molecule has 0 aliphatic heterocycles. The molecule has 0 heterocycles. The van der Waals surface area contributed by atoms with Gasteiger partial charge in [-0.2, -0.15) is 4.89 Å². The SMILES string of the molecule is COC(=O)C(C)(c1ccc(OOCc2cc(O)ccc2C(=O)O)cc1)c1ccc(OC(=O)c2cc(O)ccc2C(=O)O)cc1. The Morgan fingerprint density at radius 2 is 1.20 bits per heavy atom. The maximum Gasteiger partial charge on any atom is 0.344 e. The van der Waals surface area contributed by atoms with Crippen LogP contribution in [0.3, 0.4) is 0 Å². The summed E-state index contributed by atoms with van der Waals surface area (Å²) in [5, 5.41) is 38.0. The predicted octanol–water partition coefficient (Wildman–Crippen LogP) is 4.70. The Morgan fingerprint density at radius 1 is 0.682 bits per heavy atom. The first kappa shape index (κ1) is 31.1. The van der Waals surface area contributed by atoms with Crippen LogP contribution in [0.1, 0.15) is 54.7 Å². The molecule has 4 N–H and O–H groups in total. The van der Waals surface area contributed by atoms with Crippen molar-refractivity contribution >= 4 is 23.9 Å². The van der Waals surface area contributed by atoms with Crippen molar-refractivity contribution < 1.29 is 58.9 Å². The maximum atomic E-state index is 13.0. The third-order valence-electron chi connectivity index (χ3n) is 6.81. The van der Waals surface area contributed by atoms with E-state index in [1.54, 1.807) is 31.2 Å². The van der Waals surface area contributed by atoms with Crippen molar-refractivity contribution in [1.29, 1.82) is 0 Å². The largest absolute Gasteiger partial charge is 0.508 e. The number of hydrogen-bond acceptors (Lipinski definition) is 10. The van der Waals surface area contributed by atoms with E-state index in [1.807, 2.05) is 0 Å². The molecule has 4 aromatic rings. The summed E-state index contributed by atoms with van der Waals surface area (Å²) in [5.74, 6) is -4.28. The lowest BCUT2D eigenvalue weighted by Gasteiger charge is -2.28. The van der Waals surface area contributed by atoms with Gasteiger partial charge in [0.05, 0.1) is 23.8 Å². The smallest absolute Gasteiger partial charge is 0.344 e. The first-order valence-electron chi connectivity index (χ1n) is 12.9. The van der Waals surface area contributed by atoms with Gasteiger partial charge in [0.15, 0.2) is 5.75 Å². The molecule has 0 radical (unpaired) electrons. The van der Waals surface area contributed by atoms with Crippen molar-refractivity contribution in [3.63, 3.8) is 0 Å². The Labute approximate surface area is 250 Å². The molecule has 0 amide bonds. The van der Waals surface area contributed by atoms with Crippen molar-refractivity contribution in [3.8, 4) is 23.0 Å². The number of carbonyl (C=O) groups is 4. The Morgan fingerprint density at radius 3 is 1.75 bits per heavy atom. The van der Waals surface area contributed by atoms with E-state index in [2.05, 4.69) is 0 Å². The minimum absolute atomic E-state index is 0.0549. The number of rotatable bonds is 11. The second-order valence-corrected chi connectivity index (χ2v) is 9.58. The molecule has 4 aromatic carbocycles. The van der Waals surface area contributed by atoms with Crippen LogP contribution in [0.5, 0.6) is 23.0 Å². The third-order valence-corrected chi connectivity index (χ3v) is 6.81. The highest BCUT2D eigenvalue weighted by Gasteiger charge is 2.38. The van der Waals surface area contributed by atoms with Gasteiger partial charge in [-0.3, -0.25) is 4.79 Å². The predicted molar refractivity (Wildman–Crippen MR) is 152 cm³/mol. The lowest BCUT2D eigenvalue weighted by atomic mass is 9.76. The van der Waals surface area contributed by atoms with Gasteiger partial charge in [-0.05, 0) is 78.7 Å². The zero-order valence-electron chi connectivity index (χ0n) is 23.3. The molecular formula is C32H26O12. The quantitative estimate of drug-likeness (QED) is 0.0803. The molecule has 226 valence electrons. The van der Waals surface area contributed by atoms with Crippen molar-refractivity contribution in [2.45, 2.75) is 18.9 Å². The number of phenols is 2. The summed E-state index contributed by atoms with van der Waals surface area (Å²) in [6.07, 6.45) is 0. The average Bonchev–Trinajstić information content (AvgIpc) is 3.00. The number of aromatic carboxylic acids is 2. The van der Waals surface area contributed by atoms with Gasteiger partial charge in [0.2, 0.25) is 0 Å². The highest BCUT2D eigenvalue weighted by Crippen LogP contribution is 2.35. The van der Waals surface area contributed by atoms with E-state index in [0.29, 0.717) is 11.1 Å². The van der Waals surface area contributed by atoms with Crippen LogP contribution in [-0.2, 0) is 26.4 Å². The summed E-state index contributed by atoms with van der Waals surface area (Å²) in [4.78, 5) is 59.0. The molecule has 4 rings (SSSR count). The zero-order chi connectivity index (χ0) is 32.0. The Hall–Kier alpha value is -5.88. The first-order valence-corrected chi connectivity index (χ1v) is 12.9. The summed E-state index contributed by atoms with van der Waals surface area (Å²) in [7, 11) is 1.24. The Bertz CT molecular complexity index is 1710. The average molecular weight is 603 g/mol. The number of aromatic hydroxyl groups is 2. The van der Waals surface area contributed by atoms with Crippen LogP contribution in [0.2, 0.25) is 0 Å². The van der Waals surface area contributed by atoms with Crippen molar-refractivity contribution in [3.05, 3.63) is 118 Å².